The number of likely N-dealkylation sites (N-methyl/N-ethyl adjacent to an activating group) is 1. The van der Waals surface area contributed by atoms with Gasteiger partial charge in [-0.3, -0.25) is 0 Å². The molecule has 0 heterocycles. The van der Waals surface area contributed by atoms with Crippen LogP contribution in [-0.2, 0) is 0 Å². The second kappa shape index (κ2) is 8.94. The van der Waals surface area contributed by atoms with E-state index in [0.717, 1.165) is 25.4 Å². The second-order valence-corrected chi connectivity index (χ2v) is 4.89. The zero-order valence-electron chi connectivity index (χ0n) is 12.8. The fourth-order valence-electron chi connectivity index (χ4n) is 2.21. The molecule has 0 fully saturated rings. The number of hydrogen-bond acceptors (Lipinski definition) is 3. The summed E-state index contributed by atoms with van der Waals surface area (Å²) in [6, 6.07) is 8.62. The molecule has 0 radical (unpaired) electrons. The summed E-state index contributed by atoms with van der Waals surface area (Å²) >= 11 is 0. The van der Waals surface area contributed by atoms with E-state index in [-0.39, 0.29) is 0 Å². The lowest BCUT2D eigenvalue weighted by Gasteiger charge is -2.21. The zero-order chi connectivity index (χ0) is 14.1. The minimum atomic E-state index is 0.357. The molecule has 0 aliphatic carbocycles. The van der Waals surface area contributed by atoms with Crippen LogP contribution < -0.4 is 10.1 Å². The lowest BCUT2D eigenvalue weighted by atomic mass is 10.1. The molecule has 19 heavy (non-hydrogen) atoms. The predicted molar refractivity (Wildman–Crippen MR) is 81.8 cm³/mol. The van der Waals surface area contributed by atoms with E-state index < -0.39 is 0 Å². The number of rotatable bonds is 9. The summed E-state index contributed by atoms with van der Waals surface area (Å²) in [6.45, 7) is 11.1. The third-order valence-corrected chi connectivity index (χ3v) is 3.46. The monoisotopic (exact) mass is 264 g/mol. The summed E-state index contributed by atoms with van der Waals surface area (Å²) < 4.78 is 5.26. The predicted octanol–water partition coefficient (Wildman–Crippen LogP) is 3.08. The molecule has 108 valence electrons. The Bertz CT molecular complexity index is 354. The number of nitrogens with one attached hydrogen (secondary N) is 1. The van der Waals surface area contributed by atoms with Gasteiger partial charge in [0.2, 0.25) is 0 Å². The van der Waals surface area contributed by atoms with Crippen molar-refractivity contribution in [2.24, 2.45) is 0 Å². The minimum Gasteiger partial charge on any atom is -0.497 e. The van der Waals surface area contributed by atoms with Crippen molar-refractivity contribution in [2.45, 2.75) is 33.2 Å². The van der Waals surface area contributed by atoms with E-state index >= 15 is 0 Å². The molecule has 1 rings (SSSR count). The highest BCUT2D eigenvalue weighted by Gasteiger charge is 2.06. The van der Waals surface area contributed by atoms with Crippen LogP contribution in [0, 0.1) is 0 Å². The van der Waals surface area contributed by atoms with Gasteiger partial charge < -0.3 is 15.0 Å². The number of benzene rings is 1. The van der Waals surface area contributed by atoms with Crippen molar-refractivity contribution >= 4 is 0 Å². The van der Waals surface area contributed by atoms with Gasteiger partial charge >= 0.3 is 0 Å². The summed E-state index contributed by atoms with van der Waals surface area (Å²) in [4.78, 5) is 2.48. The lowest BCUT2D eigenvalue weighted by Crippen LogP contribution is -2.33. The summed E-state index contributed by atoms with van der Waals surface area (Å²) in [6.07, 6.45) is 1.22. The molecule has 1 atom stereocenters. The van der Waals surface area contributed by atoms with Gasteiger partial charge in [-0.15, -0.1) is 0 Å². The molecule has 0 bridgehead atoms. The van der Waals surface area contributed by atoms with Crippen LogP contribution >= 0.6 is 0 Å². The van der Waals surface area contributed by atoms with Gasteiger partial charge in [-0.25, -0.2) is 0 Å². The summed E-state index contributed by atoms with van der Waals surface area (Å²) in [5, 5.41) is 3.58. The van der Waals surface area contributed by atoms with Gasteiger partial charge in [-0.1, -0.05) is 26.0 Å². The maximum absolute atomic E-state index is 5.26. The van der Waals surface area contributed by atoms with E-state index in [0.29, 0.717) is 6.04 Å². The summed E-state index contributed by atoms with van der Waals surface area (Å²) in [5.74, 6) is 0.923. The van der Waals surface area contributed by atoms with E-state index in [1.165, 1.54) is 18.5 Å². The van der Waals surface area contributed by atoms with Gasteiger partial charge in [-0.2, -0.15) is 0 Å². The van der Waals surface area contributed by atoms with E-state index in [1.54, 1.807) is 7.11 Å². The van der Waals surface area contributed by atoms with Gasteiger partial charge in [0.05, 0.1) is 7.11 Å². The molecule has 0 spiro atoms. The number of nitrogens with zero attached hydrogens (tertiary/aromatic N) is 1. The van der Waals surface area contributed by atoms with Crippen LogP contribution in [0.4, 0.5) is 0 Å². The van der Waals surface area contributed by atoms with Crippen molar-refractivity contribution in [2.75, 3.05) is 33.3 Å². The first-order valence-corrected chi connectivity index (χ1v) is 7.30. The van der Waals surface area contributed by atoms with Crippen LogP contribution in [0.5, 0.6) is 5.75 Å². The molecule has 1 aromatic rings. The Morgan fingerprint density at radius 3 is 2.68 bits per heavy atom. The highest BCUT2D eigenvalue weighted by atomic mass is 16.5. The Hall–Kier alpha value is -1.06. The van der Waals surface area contributed by atoms with Crippen molar-refractivity contribution in [1.29, 1.82) is 0 Å². The van der Waals surface area contributed by atoms with Gasteiger partial charge in [0, 0.05) is 19.1 Å². The SMILES string of the molecule is CCCN(CC)CCNC(C)c1cccc(OC)c1. The van der Waals surface area contributed by atoms with Gasteiger partial charge in [0.25, 0.3) is 0 Å². The Kier molecular flexibility index (Phi) is 7.53. The van der Waals surface area contributed by atoms with E-state index in [9.17, 15) is 0 Å². The number of ether oxygens (including phenoxy) is 1. The Labute approximate surface area is 118 Å². The molecule has 3 heteroatoms. The first kappa shape index (κ1) is 16.0. The van der Waals surface area contributed by atoms with Crippen molar-refractivity contribution in [3.8, 4) is 5.75 Å². The van der Waals surface area contributed by atoms with E-state index in [2.05, 4.69) is 43.1 Å². The molecular weight excluding hydrogens is 236 g/mol. The second-order valence-electron chi connectivity index (χ2n) is 4.89. The van der Waals surface area contributed by atoms with Crippen molar-refractivity contribution < 1.29 is 4.74 Å². The third-order valence-electron chi connectivity index (χ3n) is 3.46. The van der Waals surface area contributed by atoms with Crippen LogP contribution in [-0.4, -0.2) is 38.2 Å². The van der Waals surface area contributed by atoms with Crippen LogP contribution in [0.25, 0.3) is 0 Å². The number of hydrogen-bond donors (Lipinski definition) is 1. The molecule has 1 aromatic carbocycles. The molecular formula is C16H28N2O. The number of methoxy groups -OCH3 is 1. The average Bonchev–Trinajstić information content (AvgIpc) is 2.46. The molecule has 0 aliphatic rings. The smallest absolute Gasteiger partial charge is 0.119 e. The van der Waals surface area contributed by atoms with Crippen LogP contribution in [0.1, 0.15) is 38.8 Å². The molecule has 0 aliphatic heterocycles. The van der Waals surface area contributed by atoms with E-state index in [4.69, 9.17) is 4.74 Å². The van der Waals surface area contributed by atoms with Crippen LogP contribution in [0.3, 0.4) is 0 Å². The average molecular weight is 264 g/mol. The maximum Gasteiger partial charge on any atom is 0.119 e. The third kappa shape index (κ3) is 5.62. The summed E-state index contributed by atoms with van der Waals surface area (Å²) in [5.41, 5.74) is 1.28. The Morgan fingerprint density at radius 2 is 2.05 bits per heavy atom. The highest BCUT2D eigenvalue weighted by molar-refractivity contribution is 5.30. The molecule has 1 N–H and O–H groups in total. The molecule has 1 unspecified atom stereocenters. The standard InChI is InChI=1S/C16H28N2O/c1-5-11-18(6-2)12-10-17-14(3)15-8-7-9-16(13-15)19-4/h7-9,13-14,17H,5-6,10-12H2,1-4H3. The van der Waals surface area contributed by atoms with Crippen molar-refractivity contribution in [3.05, 3.63) is 29.8 Å². The normalized spacial score (nSPS) is 12.7. The molecule has 0 saturated carbocycles. The Morgan fingerprint density at radius 1 is 1.26 bits per heavy atom. The molecule has 0 aromatic heterocycles. The van der Waals surface area contributed by atoms with Crippen molar-refractivity contribution in [1.82, 2.24) is 10.2 Å². The van der Waals surface area contributed by atoms with Gasteiger partial charge in [-0.05, 0) is 44.1 Å². The van der Waals surface area contributed by atoms with Gasteiger partial charge in [0.1, 0.15) is 5.75 Å². The molecule has 0 amide bonds. The van der Waals surface area contributed by atoms with Crippen molar-refractivity contribution in [3.63, 3.8) is 0 Å². The fraction of sp³-hybridized carbons (Fsp3) is 0.625. The molecule has 0 saturated heterocycles. The maximum atomic E-state index is 5.26. The fourth-order valence-corrected chi connectivity index (χ4v) is 2.21. The van der Waals surface area contributed by atoms with Crippen LogP contribution in [0.15, 0.2) is 24.3 Å². The minimum absolute atomic E-state index is 0.357. The first-order valence-electron chi connectivity index (χ1n) is 7.30. The first-order chi connectivity index (χ1) is 9.21. The lowest BCUT2D eigenvalue weighted by molar-refractivity contribution is 0.284. The molecule has 3 nitrogen and oxygen atoms in total. The summed E-state index contributed by atoms with van der Waals surface area (Å²) in [7, 11) is 1.71. The van der Waals surface area contributed by atoms with Gasteiger partial charge in [0.15, 0.2) is 0 Å². The van der Waals surface area contributed by atoms with E-state index in [1.807, 2.05) is 12.1 Å². The largest absolute Gasteiger partial charge is 0.497 e. The van der Waals surface area contributed by atoms with Crippen LogP contribution in [0.2, 0.25) is 0 Å². The Balaban J connectivity index is 2.39. The topological polar surface area (TPSA) is 24.5 Å². The highest BCUT2D eigenvalue weighted by Crippen LogP contribution is 2.18. The zero-order valence-corrected chi connectivity index (χ0v) is 12.8. The quantitative estimate of drug-likeness (QED) is 0.742.